The quantitative estimate of drug-likeness (QED) is 0.638. The van der Waals surface area contributed by atoms with Gasteiger partial charge in [-0.1, -0.05) is 25.1 Å². The van der Waals surface area contributed by atoms with Crippen LogP contribution >= 0.6 is 0 Å². The van der Waals surface area contributed by atoms with Gasteiger partial charge in [0.05, 0.1) is 5.56 Å². The van der Waals surface area contributed by atoms with E-state index in [1.54, 1.807) is 0 Å². The maximum atomic E-state index is 5.83. The lowest BCUT2D eigenvalue weighted by molar-refractivity contribution is 0.452. The molecule has 2 aromatic rings. The lowest BCUT2D eigenvalue weighted by Gasteiger charge is -2.12. The van der Waals surface area contributed by atoms with Crippen molar-refractivity contribution >= 4 is 5.82 Å². The molecule has 5 heteroatoms. The van der Waals surface area contributed by atoms with Gasteiger partial charge in [0.25, 0.3) is 0 Å². The number of anilines is 1. The molecule has 0 radical (unpaired) electrons. The van der Waals surface area contributed by atoms with Crippen LogP contribution in [0.25, 0.3) is 0 Å². The third kappa shape index (κ3) is 2.41. The Morgan fingerprint density at radius 1 is 1.28 bits per heavy atom. The summed E-state index contributed by atoms with van der Waals surface area (Å²) in [5.74, 6) is 7.26. The highest BCUT2D eigenvalue weighted by atomic mass is 16.5. The monoisotopic (exact) mass is 244 g/mol. The highest BCUT2D eigenvalue weighted by molar-refractivity contribution is 5.48. The maximum Gasteiger partial charge on any atom is 0.227 e. The topological polar surface area (TPSA) is 73.1 Å². The van der Waals surface area contributed by atoms with Crippen LogP contribution in [0.15, 0.2) is 30.6 Å². The van der Waals surface area contributed by atoms with Gasteiger partial charge in [-0.2, -0.15) is 0 Å². The fraction of sp³-hybridized carbons (Fsp3) is 0.231. The number of nitrogens with one attached hydrogen (secondary N) is 1. The first-order valence-corrected chi connectivity index (χ1v) is 5.80. The van der Waals surface area contributed by atoms with Crippen molar-refractivity contribution < 1.29 is 4.74 Å². The van der Waals surface area contributed by atoms with Crippen LogP contribution < -0.4 is 16.0 Å². The number of nitrogens with zero attached hydrogens (tertiary/aromatic N) is 2. The van der Waals surface area contributed by atoms with Crippen LogP contribution in [-0.4, -0.2) is 9.97 Å². The van der Waals surface area contributed by atoms with E-state index in [9.17, 15) is 0 Å². The molecular weight excluding hydrogens is 228 g/mol. The van der Waals surface area contributed by atoms with Crippen LogP contribution in [0.1, 0.15) is 18.1 Å². The Hall–Kier alpha value is -2.14. The van der Waals surface area contributed by atoms with Crippen molar-refractivity contribution in [3.05, 3.63) is 41.7 Å². The zero-order chi connectivity index (χ0) is 13.0. The second kappa shape index (κ2) is 5.46. The number of hydrogen-bond acceptors (Lipinski definition) is 5. The summed E-state index contributed by atoms with van der Waals surface area (Å²) in [4.78, 5) is 8.14. The Balaban J connectivity index is 2.34. The molecule has 1 aromatic heterocycles. The molecule has 3 N–H and O–H groups in total. The summed E-state index contributed by atoms with van der Waals surface area (Å²) >= 11 is 0. The Morgan fingerprint density at radius 3 is 2.78 bits per heavy atom. The average molecular weight is 244 g/mol. The average Bonchev–Trinajstić information content (AvgIpc) is 2.42. The molecular formula is C13H16N4O. The molecule has 0 saturated carbocycles. The Kier molecular flexibility index (Phi) is 3.74. The van der Waals surface area contributed by atoms with E-state index < -0.39 is 0 Å². The molecule has 0 aliphatic rings. The highest BCUT2D eigenvalue weighted by Crippen LogP contribution is 2.28. The largest absolute Gasteiger partial charge is 0.438 e. The van der Waals surface area contributed by atoms with E-state index in [1.165, 1.54) is 6.33 Å². The summed E-state index contributed by atoms with van der Waals surface area (Å²) < 4.78 is 5.83. The van der Waals surface area contributed by atoms with E-state index in [1.807, 2.05) is 31.2 Å². The van der Waals surface area contributed by atoms with Gasteiger partial charge < -0.3 is 10.2 Å². The van der Waals surface area contributed by atoms with Gasteiger partial charge in [0.2, 0.25) is 5.88 Å². The van der Waals surface area contributed by atoms with E-state index >= 15 is 0 Å². The van der Waals surface area contributed by atoms with Gasteiger partial charge in [-0.15, -0.1) is 0 Å². The number of nitrogens with two attached hydrogens (primary N) is 1. The minimum atomic E-state index is 0.513. The van der Waals surface area contributed by atoms with E-state index in [-0.39, 0.29) is 0 Å². The van der Waals surface area contributed by atoms with Crippen LogP contribution in [-0.2, 0) is 6.42 Å². The first-order valence-electron chi connectivity index (χ1n) is 5.80. The number of ether oxygens (including phenoxy) is 1. The van der Waals surface area contributed by atoms with Crippen molar-refractivity contribution in [3.63, 3.8) is 0 Å². The summed E-state index contributed by atoms with van der Waals surface area (Å²) in [6.45, 7) is 3.95. The number of rotatable bonds is 4. The minimum Gasteiger partial charge on any atom is -0.438 e. The molecule has 1 heterocycles. The number of aromatic nitrogens is 2. The SMILES string of the molecule is CCc1ccccc1Oc1ncnc(NN)c1C. The molecule has 0 aliphatic heterocycles. The molecule has 0 bridgehead atoms. The van der Waals surface area contributed by atoms with Gasteiger partial charge >= 0.3 is 0 Å². The van der Waals surface area contributed by atoms with Crippen molar-refractivity contribution in [1.29, 1.82) is 0 Å². The highest BCUT2D eigenvalue weighted by Gasteiger charge is 2.09. The van der Waals surface area contributed by atoms with Crippen molar-refractivity contribution in [2.24, 2.45) is 5.84 Å². The van der Waals surface area contributed by atoms with Crippen LogP contribution in [0, 0.1) is 6.92 Å². The van der Waals surface area contributed by atoms with E-state index in [2.05, 4.69) is 22.3 Å². The van der Waals surface area contributed by atoms with Gasteiger partial charge in [0, 0.05) is 0 Å². The normalized spacial score (nSPS) is 10.2. The molecule has 94 valence electrons. The number of aryl methyl sites for hydroxylation is 1. The molecule has 0 atom stereocenters. The summed E-state index contributed by atoms with van der Waals surface area (Å²) in [6.07, 6.45) is 2.33. The van der Waals surface area contributed by atoms with E-state index in [4.69, 9.17) is 10.6 Å². The Labute approximate surface area is 106 Å². The maximum absolute atomic E-state index is 5.83. The molecule has 0 fully saturated rings. The van der Waals surface area contributed by atoms with Gasteiger partial charge in [0.1, 0.15) is 17.9 Å². The van der Waals surface area contributed by atoms with Crippen molar-refractivity contribution in [3.8, 4) is 11.6 Å². The van der Waals surface area contributed by atoms with Crippen LogP contribution in [0.3, 0.4) is 0 Å². The standard InChI is InChI=1S/C13H16N4O/c1-3-10-6-4-5-7-11(10)18-13-9(2)12(17-14)15-8-16-13/h4-8H,3,14H2,1-2H3,(H,15,16,17). The first-order chi connectivity index (χ1) is 8.76. The predicted octanol–water partition coefficient (Wildman–Crippen LogP) is 2.43. The van der Waals surface area contributed by atoms with Gasteiger partial charge in [-0.25, -0.2) is 15.8 Å². The van der Waals surface area contributed by atoms with E-state index in [0.717, 1.165) is 23.3 Å². The first kappa shape index (κ1) is 12.3. The van der Waals surface area contributed by atoms with Crippen molar-refractivity contribution in [2.45, 2.75) is 20.3 Å². The second-order valence-electron chi connectivity index (χ2n) is 3.86. The molecule has 2 rings (SSSR count). The summed E-state index contributed by atoms with van der Waals surface area (Å²) in [5.41, 5.74) is 4.44. The third-order valence-electron chi connectivity index (χ3n) is 2.73. The van der Waals surface area contributed by atoms with Crippen molar-refractivity contribution in [1.82, 2.24) is 9.97 Å². The molecule has 0 saturated heterocycles. The van der Waals surface area contributed by atoms with Crippen LogP contribution in [0.4, 0.5) is 5.82 Å². The molecule has 18 heavy (non-hydrogen) atoms. The second-order valence-corrected chi connectivity index (χ2v) is 3.86. The molecule has 0 amide bonds. The minimum absolute atomic E-state index is 0.513. The van der Waals surface area contributed by atoms with Gasteiger partial charge in [0.15, 0.2) is 0 Å². The van der Waals surface area contributed by atoms with Gasteiger partial charge in [-0.3, -0.25) is 0 Å². The number of hydrogen-bond donors (Lipinski definition) is 2. The Morgan fingerprint density at radius 2 is 2.06 bits per heavy atom. The Bertz CT molecular complexity index is 542. The number of hydrazine groups is 1. The number of benzene rings is 1. The zero-order valence-corrected chi connectivity index (χ0v) is 10.5. The molecule has 0 aliphatic carbocycles. The number of nitrogen functional groups attached to an aromatic ring is 1. The number of para-hydroxylation sites is 1. The van der Waals surface area contributed by atoms with Crippen LogP contribution in [0.5, 0.6) is 11.6 Å². The summed E-state index contributed by atoms with van der Waals surface area (Å²) in [6, 6.07) is 7.89. The van der Waals surface area contributed by atoms with Crippen LogP contribution in [0.2, 0.25) is 0 Å². The lowest BCUT2D eigenvalue weighted by Crippen LogP contribution is -2.11. The molecule has 5 nitrogen and oxygen atoms in total. The van der Waals surface area contributed by atoms with Crippen molar-refractivity contribution in [2.75, 3.05) is 5.43 Å². The predicted molar refractivity (Wildman–Crippen MR) is 70.5 cm³/mol. The lowest BCUT2D eigenvalue weighted by atomic mass is 10.1. The molecule has 0 unspecified atom stereocenters. The fourth-order valence-electron chi connectivity index (χ4n) is 1.68. The zero-order valence-electron chi connectivity index (χ0n) is 10.5. The fourth-order valence-corrected chi connectivity index (χ4v) is 1.68. The van der Waals surface area contributed by atoms with Gasteiger partial charge in [-0.05, 0) is 25.0 Å². The smallest absolute Gasteiger partial charge is 0.227 e. The summed E-state index contributed by atoms with van der Waals surface area (Å²) in [5, 5.41) is 0. The molecule has 0 spiro atoms. The van der Waals surface area contributed by atoms with E-state index in [0.29, 0.717) is 11.7 Å². The third-order valence-corrected chi connectivity index (χ3v) is 2.73. The summed E-state index contributed by atoms with van der Waals surface area (Å²) in [7, 11) is 0. The molecule has 1 aromatic carbocycles.